The predicted octanol–water partition coefficient (Wildman–Crippen LogP) is 3.88. The standard InChI is InChI=1S/C12H10Br2N2O2S/c1-7-5-16(12(15-7)19-6-10(17)18)11-8(13)3-2-4-9(11)14/h2-5H,6H2,1H3,(H,17,18). The molecule has 19 heavy (non-hydrogen) atoms. The molecule has 0 atom stereocenters. The van der Waals surface area contributed by atoms with Gasteiger partial charge in [0, 0.05) is 15.1 Å². The summed E-state index contributed by atoms with van der Waals surface area (Å²) in [6.07, 6.45) is 1.88. The van der Waals surface area contributed by atoms with Gasteiger partial charge in [-0.25, -0.2) is 4.98 Å². The summed E-state index contributed by atoms with van der Waals surface area (Å²) in [7, 11) is 0. The van der Waals surface area contributed by atoms with Gasteiger partial charge in [0.15, 0.2) is 5.16 Å². The molecule has 0 spiro atoms. The molecule has 1 aromatic heterocycles. The van der Waals surface area contributed by atoms with E-state index in [0.717, 1.165) is 20.3 Å². The first-order chi connectivity index (χ1) is 8.99. The Balaban J connectivity index is 2.47. The van der Waals surface area contributed by atoms with Gasteiger partial charge in [-0.15, -0.1) is 0 Å². The zero-order valence-electron chi connectivity index (χ0n) is 9.93. The Morgan fingerprint density at radius 3 is 2.63 bits per heavy atom. The van der Waals surface area contributed by atoms with Crippen molar-refractivity contribution < 1.29 is 9.90 Å². The van der Waals surface area contributed by atoms with E-state index in [4.69, 9.17) is 5.11 Å². The van der Waals surface area contributed by atoms with Crippen molar-refractivity contribution >= 4 is 49.6 Å². The first kappa shape index (κ1) is 14.6. The number of aryl methyl sites for hydroxylation is 1. The zero-order valence-corrected chi connectivity index (χ0v) is 13.9. The van der Waals surface area contributed by atoms with Crippen molar-refractivity contribution in [1.82, 2.24) is 9.55 Å². The summed E-state index contributed by atoms with van der Waals surface area (Å²) in [5.74, 6) is -0.873. The molecule has 2 rings (SSSR count). The lowest BCUT2D eigenvalue weighted by Gasteiger charge is -2.10. The van der Waals surface area contributed by atoms with Crippen LogP contribution in [0.15, 0.2) is 38.5 Å². The van der Waals surface area contributed by atoms with Gasteiger partial charge >= 0.3 is 5.97 Å². The lowest BCUT2D eigenvalue weighted by Crippen LogP contribution is -2.02. The second-order valence-electron chi connectivity index (χ2n) is 3.79. The highest BCUT2D eigenvalue weighted by atomic mass is 79.9. The lowest BCUT2D eigenvalue weighted by atomic mass is 10.3. The number of rotatable bonds is 4. The van der Waals surface area contributed by atoms with E-state index >= 15 is 0 Å². The molecule has 4 nitrogen and oxygen atoms in total. The third-order valence-corrected chi connectivity index (χ3v) is 4.51. The van der Waals surface area contributed by atoms with Gasteiger partial charge in [-0.3, -0.25) is 9.36 Å². The van der Waals surface area contributed by atoms with E-state index in [2.05, 4.69) is 36.8 Å². The maximum Gasteiger partial charge on any atom is 0.313 e. The average molecular weight is 406 g/mol. The van der Waals surface area contributed by atoms with Crippen molar-refractivity contribution in [2.24, 2.45) is 0 Å². The molecule has 0 bridgehead atoms. The van der Waals surface area contributed by atoms with Gasteiger partial charge in [-0.1, -0.05) is 17.8 Å². The molecule has 0 radical (unpaired) electrons. The van der Waals surface area contributed by atoms with Crippen LogP contribution in [0, 0.1) is 6.92 Å². The van der Waals surface area contributed by atoms with Crippen LogP contribution < -0.4 is 0 Å². The summed E-state index contributed by atoms with van der Waals surface area (Å²) in [5, 5.41) is 9.44. The summed E-state index contributed by atoms with van der Waals surface area (Å²) in [6.45, 7) is 1.88. The third-order valence-electron chi connectivity index (χ3n) is 2.30. The van der Waals surface area contributed by atoms with Crippen LogP contribution in [-0.2, 0) is 4.79 Å². The minimum atomic E-state index is -0.858. The number of carboxylic acids is 1. The van der Waals surface area contributed by atoms with E-state index in [1.807, 2.05) is 35.9 Å². The number of carbonyl (C=O) groups is 1. The van der Waals surface area contributed by atoms with Crippen LogP contribution in [0.1, 0.15) is 5.69 Å². The van der Waals surface area contributed by atoms with Crippen LogP contribution in [0.2, 0.25) is 0 Å². The third kappa shape index (κ3) is 3.40. The van der Waals surface area contributed by atoms with Crippen LogP contribution in [0.3, 0.4) is 0 Å². The van der Waals surface area contributed by atoms with E-state index < -0.39 is 5.97 Å². The molecule has 0 aliphatic heterocycles. The number of aliphatic carboxylic acids is 1. The Hall–Kier alpha value is -0.790. The molecule has 0 saturated heterocycles. The van der Waals surface area contributed by atoms with Gasteiger partial charge in [0.2, 0.25) is 0 Å². The molecule has 1 aromatic carbocycles. The van der Waals surface area contributed by atoms with Crippen molar-refractivity contribution in [1.29, 1.82) is 0 Å². The summed E-state index contributed by atoms with van der Waals surface area (Å²) in [4.78, 5) is 15.0. The Kier molecular flexibility index (Phi) is 4.70. The summed E-state index contributed by atoms with van der Waals surface area (Å²) in [6, 6.07) is 5.79. The van der Waals surface area contributed by atoms with Gasteiger partial charge < -0.3 is 5.11 Å². The van der Waals surface area contributed by atoms with Crippen molar-refractivity contribution in [2.75, 3.05) is 5.75 Å². The van der Waals surface area contributed by atoms with Crippen LogP contribution >= 0.6 is 43.6 Å². The van der Waals surface area contributed by atoms with Crippen LogP contribution in [0.5, 0.6) is 0 Å². The van der Waals surface area contributed by atoms with Crippen molar-refractivity contribution in [3.8, 4) is 5.69 Å². The topological polar surface area (TPSA) is 55.1 Å². The number of halogens is 2. The molecule has 0 aliphatic rings. The summed E-state index contributed by atoms with van der Waals surface area (Å²) >= 11 is 8.21. The fourth-order valence-corrected chi connectivity index (χ4v) is 3.71. The minimum Gasteiger partial charge on any atom is -0.481 e. The Morgan fingerprint density at radius 1 is 1.42 bits per heavy atom. The van der Waals surface area contributed by atoms with Gasteiger partial charge in [0.25, 0.3) is 0 Å². The number of thioether (sulfide) groups is 1. The second-order valence-corrected chi connectivity index (χ2v) is 6.44. The van der Waals surface area contributed by atoms with Crippen LogP contribution in [0.25, 0.3) is 5.69 Å². The highest BCUT2D eigenvalue weighted by Crippen LogP contribution is 2.32. The van der Waals surface area contributed by atoms with Crippen LogP contribution in [-0.4, -0.2) is 26.4 Å². The first-order valence-electron chi connectivity index (χ1n) is 5.34. The number of hydrogen-bond acceptors (Lipinski definition) is 3. The fourth-order valence-electron chi connectivity index (χ4n) is 1.58. The lowest BCUT2D eigenvalue weighted by molar-refractivity contribution is -0.133. The van der Waals surface area contributed by atoms with E-state index in [1.54, 1.807) is 0 Å². The smallest absolute Gasteiger partial charge is 0.313 e. The molecule has 100 valence electrons. The fraction of sp³-hybridized carbons (Fsp3) is 0.167. The van der Waals surface area contributed by atoms with E-state index in [1.165, 1.54) is 11.8 Å². The molecule has 2 aromatic rings. The molecule has 0 aliphatic carbocycles. The molecule has 1 N–H and O–H groups in total. The highest BCUT2D eigenvalue weighted by Gasteiger charge is 2.14. The predicted molar refractivity (Wildman–Crippen MR) is 82.1 cm³/mol. The molecular weight excluding hydrogens is 396 g/mol. The number of hydrogen-bond donors (Lipinski definition) is 1. The van der Waals surface area contributed by atoms with Crippen molar-refractivity contribution in [3.05, 3.63) is 39.0 Å². The molecule has 1 heterocycles. The quantitative estimate of drug-likeness (QED) is 0.784. The number of carboxylic acid groups (broad SMARTS) is 1. The van der Waals surface area contributed by atoms with Gasteiger partial charge in [-0.2, -0.15) is 0 Å². The van der Waals surface area contributed by atoms with Crippen molar-refractivity contribution in [3.63, 3.8) is 0 Å². The monoisotopic (exact) mass is 404 g/mol. The van der Waals surface area contributed by atoms with Gasteiger partial charge in [0.1, 0.15) is 0 Å². The number of imidazole rings is 1. The normalized spacial score (nSPS) is 10.7. The number of nitrogens with zero attached hydrogens (tertiary/aromatic N) is 2. The van der Waals surface area contributed by atoms with E-state index in [0.29, 0.717) is 5.16 Å². The maximum absolute atomic E-state index is 10.7. The molecule has 0 fully saturated rings. The average Bonchev–Trinajstić information content (AvgIpc) is 2.67. The maximum atomic E-state index is 10.7. The largest absolute Gasteiger partial charge is 0.481 e. The molecule has 0 unspecified atom stereocenters. The molecule has 0 amide bonds. The number of para-hydroxylation sites is 1. The zero-order chi connectivity index (χ0) is 14.0. The Labute approximate surface area is 131 Å². The summed E-state index contributed by atoms with van der Waals surface area (Å²) < 4.78 is 3.71. The van der Waals surface area contributed by atoms with Gasteiger partial charge in [-0.05, 0) is 50.9 Å². The molecule has 0 saturated carbocycles. The molecular formula is C12H10Br2N2O2S. The van der Waals surface area contributed by atoms with Gasteiger partial charge in [0.05, 0.1) is 17.1 Å². The Bertz CT molecular complexity index is 608. The summed E-state index contributed by atoms with van der Waals surface area (Å²) in [5.41, 5.74) is 1.76. The first-order valence-corrected chi connectivity index (χ1v) is 7.91. The molecule has 7 heteroatoms. The second kappa shape index (κ2) is 6.11. The van der Waals surface area contributed by atoms with E-state index in [9.17, 15) is 4.79 Å². The van der Waals surface area contributed by atoms with Crippen molar-refractivity contribution in [2.45, 2.75) is 12.1 Å². The number of aromatic nitrogens is 2. The Morgan fingerprint density at radius 2 is 2.05 bits per heavy atom. The SMILES string of the molecule is Cc1cn(-c2c(Br)cccc2Br)c(SCC(=O)O)n1. The van der Waals surface area contributed by atoms with E-state index in [-0.39, 0.29) is 5.75 Å². The highest BCUT2D eigenvalue weighted by molar-refractivity contribution is 9.11. The van der Waals surface area contributed by atoms with Crippen LogP contribution in [0.4, 0.5) is 0 Å². The number of benzene rings is 1. The minimum absolute atomic E-state index is 0.0154.